The van der Waals surface area contributed by atoms with Gasteiger partial charge in [-0.2, -0.15) is 13.2 Å². The van der Waals surface area contributed by atoms with Gasteiger partial charge in [-0.3, -0.25) is 9.59 Å². The van der Waals surface area contributed by atoms with E-state index in [2.05, 4.69) is 15.0 Å². The van der Waals surface area contributed by atoms with E-state index in [9.17, 15) is 22.8 Å². The number of amides is 1. The number of piperidine rings is 1. The first-order valence-corrected chi connectivity index (χ1v) is 12.0. The molecule has 3 unspecified atom stereocenters. The molecule has 1 saturated heterocycles. The number of carbonyl (C=O) groups is 1. The molecule has 0 radical (unpaired) electrons. The van der Waals surface area contributed by atoms with E-state index in [-0.39, 0.29) is 52.0 Å². The molecule has 3 aromatic rings. The molecule has 8 nitrogen and oxygen atoms in total. The Bertz CT molecular complexity index is 1340. The number of halogens is 3. The fourth-order valence-corrected chi connectivity index (χ4v) is 5.07. The fraction of sp³-hybridized carbons (Fsp3) is 0.462. The van der Waals surface area contributed by atoms with Gasteiger partial charge in [-0.15, -0.1) is 0 Å². The number of hydrogen-bond donors (Lipinski definition) is 1. The Morgan fingerprint density at radius 1 is 1.19 bits per heavy atom. The number of pyridine rings is 1. The Kier molecular flexibility index (Phi) is 7.27. The van der Waals surface area contributed by atoms with Crippen molar-refractivity contribution in [2.75, 3.05) is 20.2 Å². The molecule has 1 N–H and O–H groups in total. The van der Waals surface area contributed by atoms with Crippen LogP contribution in [-0.2, 0) is 10.9 Å². The summed E-state index contributed by atoms with van der Waals surface area (Å²) in [6.07, 6.45) is -4.35. The van der Waals surface area contributed by atoms with Crippen LogP contribution in [0.2, 0.25) is 0 Å². The van der Waals surface area contributed by atoms with E-state index in [4.69, 9.17) is 9.47 Å². The number of alkyl halides is 3. The Morgan fingerprint density at radius 2 is 1.86 bits per heavy atom. The highest BCUT2D eigenvalue weighted by Crippen LogP contribution is 2.37. The summed E-state index contributed by atoms with van der Waals surface area (Å²) in [5, 5.41) is 0.0265. The maximum absolute atomic E-state index is 13.9. The van der Waals surface area contributed by atoms with Crippen LogP contribution in [0.25, 0.3) is 10.9 Å². The third-order valence-corrected chi connectivity index (χ3v) is 6.72. The number of nitrogens with one attached hydrogen (secondary N) is 1. The smallest absolute Gasteiger partial charge is 0.416 e. The van der Waals surface area contributed by atoms with Crippen LogP contribution in [-0.4, -0.2) is 52.1 Å². The third kappa shape index (κ3) is 5.46. The number of aromatic amines is 1. The van der Waals surface area contributed by atoms with Gasteiger partial charge in [-0.25, -0.2) is 9.97 Å². The molecule has 3 atom stereocenters. The Balaban J connectivity index is 1.56. The monoisotopic (exact) mass is 518 g/mol. The number of methoxy groups -OCH3 is 1. The van der Waals surface area contributed by atoms with E-state index in [1.807, 2.05) is 13.8 Å². The highest BCUT2D eigenvalue weighted by Gasteiger charge is 2.36. The molecule has 0 spiro atoms. The normalized spacial score (nSPS) is 21.2. The molecule has 3 heterocycles. The Morgan fingerprint density at radius 3 is 2.43 bits per heavy atom. The summed E-state index contributed by atoms with van der Waals surface area (Å²) in [5.41, 5.74) is -1.40. The molecule has 198 valence electrons. The second kappa shape index (κ2) is 10.1. The number of ether oxygens (including phenoxy) is 2. The molecule has 1 aliphatic rings. The van der Waals surface area contributed by atoms with Crippen molar-refractivity contribution in [2.45, 2.75) is 46.1 Å². The molecule has 0 aliphatic carbocycles. The third-order valence-electron chi connectivity index (χ3n) is 6.72. The summed E-state index contributed by atoms with van der Waals surface area (Å²) in [5.74, 6) is 0.424. The van der Waals surface area contributed by atoms with Gasteiger partial charge in [0.15, 0.2) is 0 Å². The van der Waals surface area contributed by atoms with Crippen LogP contribution in [0.1, 0.15) is 54.2 Å². The summed E-state index contributed by atoms with van der Waals surface area (Å²) in [6, 6.07) is 5.00. The quantitative estimate of drug-likeness (QED) is 0.533. The first kappa shape index (κ1) is 26.6. The molecule has 1 aromatic carbocycles. The van der Waals surface area contributed by atoms with Gasteiger partial charge in [-0.05, 0) is 32.0 Å². The molecular weight excluding hydrogens is 489 g/mol. The van der Waals surface area contributed by atoms with Crippen molar-refractivity contribution in [1.29, 1.82) is 0 Å². The number of carbonyl (C=O) groups excluding carboxylic acids is 1. The van der Waals surface area contributed by atoms with Gasteiger partial charge in [0.2, 0.25) is 5.88 Å². The highest BCUT2D eigenvalue weighted by molar-refractivity contribution is 5.94. The predicted octanol–water partition coefficient (Wildman–Crippen LogP) is 4.53. The number of nitrogens with zero attached hydrogens (tertiary/aromatic N) is 3. The lowest BCUT2D eigenvalue weighted by atomic mass is 9.88. The van der Waals surface area contributed by atoms with Crippen molar-refractivity contribution in [1.82, 2.24) is 19.9 Å². The predicted molar refractivity (Wildman–Crippen MR) is 130 cm³/mol. The number of aromatic nitrogens is 3. The zero-order valence-corrected chi connectivity index (χ0v) is 21.2. The number of likely N-dealkylation sites (tertiary alicyclic amines) is 1. The summed E-state index contributed by atoms with van der Waals surface area (Å²) in [4.78, 5) is 37.8. The first-order valence-electron chi connectivity index (χ1n) is 12.0. The summed E-state index contributed by atoms with van der Waals surface area (Å²) in [6.45, 7) is 8.10. The zero-order chi connectivity index (χ0) is 27.1. The van der Waals surface area contributed by atoms with Crippen LogP contribution < -0.4 is 10.3 Å². The van der Waals surface area contributed by atoms with E-state index in [1.165, 1.54) is 32.2 Å². The minimum atomic E-state index is -4.69. The minimum absolute atomic E-state index is 0.0265. The number of H-pyrrole nitrogens is 1. The molecule has 0 bridgehead atoms. The minimum Gasteiger partial charge on any atom is -0.470 e. The molecule has 1 fully saturated rings. The van der Waals surface area contributed by atoms with E-state index >= 15 is 0 Å². The summed E-state index contributed by atoms with van der Waals surface area (Å²) >= 11 is 0. The van der Waals surface area contributed by atoms with Gasteiger partial charge >= 0.3 is 6.18 Å². The maximum Gasteiger partial charge on any atom is 0.416 e. The van der Waals surface area contributed by atoms with Crippen molar-refractivity contribution in [3.05, 3.63) is 63.3 Å². The van der Waals surface area contributed by atoms with Crippen molar-refractivity contribution >= 4 is 16.8 Å². The zero-order valence-electron chi connectivity index (χ0n) is 21.2. The number of hydrogen-bond acceptors (Lipinski definition) is 6. The fourth-order valence-electron chi connectivity index (χ4n) is 5.07. The molecule has 1 aliphatic heterocycles. The van der Waals surface area contributed by atoms with Crippen molar-refractivity contribution in [3.8, 4) is 5.88 Å². The van der Waals surface area contributed by atoms with Crippen LogP contribution in [0, 0.1) is 18.8 Å². The second-order valence-corrected chi connectivity index (χ2v) is 9.62. The van der Waals surface area contributed by atoms with Crippen LogP contribution >= 0.6 is 0 Å². The van der Waals surface area contributed by atoms with E-state index < -0.39 is 23.4 Å². The molecule has 2 aromatic heterocycles. The lowest BCUT2D eigenvalue weighted by molar-refractivity contribution is -0.138. The van der Waals surface area contributed by atoms with Crippen molar-refractivity contribution in [2.24, 2.45) is 11.8 Å². The van der Waals surface area contributed by atoms with Gasteiger partial charge < -0.3 is 19.4 Å². The maximum atomic E-state index is 13.9. The average Bonchev–Trinajstić information content (AvgIpc) is 2.82. The summed E-state index contributed by atoms with van der Waals surface area (Å²) < 4.78 is 52.8. The second-order valence-electron chi connectivity index (χ2n) is 9.62. The molecule has 11 heteroatoms. The van der Waals surface area contributed by atoms with E-state index in [1.54, 1.807) is 12.0 Å². The van der Waals surface area contributed by atoms with Crippen LogP contribution in [0.5, 0.6) is 5.88 Å². The van der Waals surface area contributed by atoms with Crippen LogP contribution in [0.3, 0.4) is 0 Å². The van der Waals surface area contributed by atoms with Gasteiger partial charge in [0.25, 0.3) is 11.5 Å². The van der Waals surface area contributed by atoms with Gasteiger partial charge in [0.1, 0.15) is 11.9 Å². The number of benzene rings is 1. The highest BCUT2D eigenvalue weighted by atomic mass is 19.4. The lowest BCUT2D eigenvalue weighted by Crippen LogP contribution is -2.50. The lowest BCUT2D eigenvalue weighted by Gasteiger charge is -2.40. The molecule has 37 heavy (non-hydrogen) atoms. The van der Waals surface area contributed by atoms with Gasteiger partial charge in [0, 0.05) is 49.9 Å². The first-order chi connectivity index (χ1) is 17.4. The molecule has 0 saturated carbocycles. The van der Waals surface area contributed by atoms with E-state index in [0.29, 0.717) is 18.7 Å². The largest absolute Gasteiger partial charge is 0.470 e. The van der Waals surface area contributed by atoms with Crippen LogP contribution in [0.15, 0.2) is 35.3 Å². The van der Waals surface area contributed by atoms with Gasteiger partial charge in [0.05, 0.1) is 28.1 Å². The number of fused-ring (bicyclic) bond motifs is 1. The topological polar surface area (TPSA) is 97.4 Å². The van der Waals surface area contributed by atoms with Crippen molar-refractivity contribution < 1.29 is 27.4 Å². The van der Waals surface area contributed by atoms with Crippen LogP contribution in [0.4, 0.5) is 13.2 Å². The van der Waals surface area contributed by atoms with Gasteiger partial charge in [-0.1, -0.05) is 13.8 Å². The summed E-state index contributed by atoms with van der Waals surface area (Å²) in [7, 11) is 1.67. The average molecular weight is 519 g/mol. The SMILES string of the molecule is COC1C(C)CN(C(=O)c2ccc(OC(C)c3cc4c(=O)[nH]c(C)nc4cc3C(F)(F)F)nc2)CC1C. The van der Waals surface area contributed by atoms with E-state index in [0.717, 1.165) is 12.1 Å². The van der Waals surface area contributed by atoms with Crippen molar-refractivity contribution in [3.63, 3.8) is 0 Å². The number of aryl methyl sites for hydroxylation is 1. The molecule has 4 rings (SSSR count). The Hall–Kier alpha value is -3.47. The molecule has 1 amide bonds. The Labute approximate surface area is 211 Å². The number of rotatable bonds is 5. The standard InChI is InChI=1S/C26H29F3N4O4/c1-13-11-33(12-14(2)23(13)36-5)25(35)17-6-7-22(30-10-17)37-15(3)18-8-19-21(9-20(18)26(27,28)29)31-16(4)32-24(19)34/h6-10,13-15,23H,11-12H2,1-5H3,(H,31,32,34). The molecular formula is C26H29F3N4O4.